The average Bonchev–Trinajstić information content (AvgIpc) is 3.17. The summed E-state index contributed by atoms with van der Waals surface area (Å²) in [7, 11) is 0. The first-order chi connectivity index (χ1) is 14.2. The fourth-order valence-corrected chi connectivity index (χ4v) is 4.23. The summed E-state index contributed by atoms with van der Waals surface area (Å²) in [5.74, 6) is 1.08. The standard InChI is InChI=1S/C21H24N4O3S/c1-3-14-13-15(21(26)28-4-2)20(29-14)24-18-19(25-9-11-27-12-10-25)23-17-8-6-5-7-16(17)22-18/h5-8,13H,3-4,9-12H2,1-2H3,(H,22,24). The molecule has 0 radical (unpaired) electrons. The number of nitrogens with zero attached hydrogens (tertiary/aromatic N) is 3. The van der Waals surface area contributed by atoms with Gasteiger partial charge in [0.05, 0.1) is 36.4 Å². The minimum Gasteiger partial charge on any atom is -0.462 e. The number of ether oxygens (including phenoxy) is 2. The van der Waals surface area contributed by atoms with E-state index in [0.29, 0.717) is 31.2 Å². The molecule has 1 fully saturated rings. The second-order valence-corrected chi connectivity index (χ2v) is 7.78. The number of hydrogen-bond acceptors (Lipinski definition) is 8. The van der Waals surface area contributed by atoms with Crippen molar-refractivity contribution in [2.24, 2.45) is 0 Å². The fraction of sp³-hybridized carbons (Fsp3) is 0.381. The quantitative estimate of drug-likeness (QED) is 0.613. The Morgan fingerprint density at radius 1 is 1.21 bits per heavy atom. The van der Waals surface area contributed by atoms with Gasteiger partial charge in [-0.3, -0.25) is 0 Å². The lowest BCUT2D eigenvalue weighted by molar-refractivity contribution is 0.0528. The van der Waals surface area contributed by atoms with Crippen LogP contribution in [-0.4, -0.2) is 48.8 Å². The maximum atomic E-state index is 12.5. The predicted octanol–water partition coefficient (Wildman–Crippen LogP) is 4.01. The molecule has 1 N–H and O–H groups in total. The van der Waals surface area contributed by atoms with Crippen molar-refractivity contribution in [1.82, 2.24) is 9.97 Å². The van der Waals surface area contributed by atoms with E-state index in [1.54, 1.807) is 11.3 Å². The zero-order chi connectivity index (χ0) is 20.2. The topological polar surface area (TPSA) is 76.6 Å². The third kappa shape index (κ3) is 4.18. The lowest BCUT2D eigenvalue weighted by atomic mass is 10.2. The number of thiophene rings is 1. The minimum absolute atomic E-state index is 0.326. The van der Waals surface area contributed by atoms with Gasteiger partial charge in [0.2, 0.25) is 0 Å². The third-order valence-electron chi connectivity index (χ3n) is 4.72. The van der Waals surface area contributed by atoms with Crippen LogP contribution in [0.15, 0.2) is 30.3 Å². The number of aromatic nitrogens is 2. The van der Waals surface area contributed by atoms with Crippen molar-refractivity contribution in [2.75, 3.05) is 43.1 Å². The number of rotatable bonds is 6. The Morgan fingerprint density at radius 2 is 1.93 bits per heavy atom. The molecule has 3 aromatic rings. The van der Waals surface area contributed by atoms with Crippen molar-refractivity contribution in [3.63, 3.8) is 0 Å². The van der Waals surface area contributed by atoms with Crippen LogP contribution >= 0.6 is 11.3 Å². The van der Waals surface area contributed by atoms with E-state index in [2.05, 4.69) is 17.1 Å². The van der Waals surface area contributed by atoms with Crippen molar-refractivity contribution in [2.45, 2.75) is 20.3 Å². The van der Waals surface area contributed by atoms with Crippen LogP contribution < -0.4 is 10.2 Å². The Balaban J connectivity index is 1.77. The first-order valence-corrected chi connectivity index (χ1v) is 10.7. The zero-order valence-corrected chi connectivity index (χ0v) is 17.4. The number of para-hydroxylation sites is 2. The van der Waals surface area contributed by atoms with Gasteiger partial charge in [-0.25, -0.2) is 14.8 Å². The van der Waals surface area contributed by atoms with Crippen molar-refractivity contribution in [3.8, 4) is 0 Å². The average molecular weight is 413 g/mol. The summed E-state index contributed by atoms with van der Waals surface area (Å²) in [5, 5.41) is 4.12. The summed E-state index contributed by atoms with van der Waals surface area (Å²) in [6.07, 6.45) is 0.846. The van der Waals surface area contributed by atoms with Gasteiger partial charge in [0.25, 0.3) is 0 Å². The Morgan fingerprint density at radius 3 is 2.62 bits per heavy atom. The van der Waals surface area contributed by atoms with E-state index < -0.39 is 0 Å². The maximum absolute atomic E-state index is 12.5. The lowest BCUT2D eigenvalue weighted by Gasteiger charge is -2.29. The Kier molecular flexibility index (Phi) is 5.92. The highest BCUT2D eigenvalue weighted by atomic mass is 32.1. The molecule has 0 unspecified atom stereocenters. The molecule has 152 valence electrons. The number of carbonyl (C=O) groups is 1. The molecule has 0 aliphatic carbocycles. The number of esters is 1. The van der Waals surface area contributed by atoms with E-state index in [1.165, 1.54) is 0 Å². The van der Waals surface area contributed by atoms with Crippen molar-refractivity contribution >= 4 is 45.0 Å². The second kappa shape index (κ2) is 8.75. The van der Waals surface area contributed by atoms with Gasteiger partial charge < -0.3 is 19.7 Å². The first-order valence-electron chi connectivity index (χ1n) is 9.86. The summed E-state index contributed by atoms with van der Waals surface area (Å²) in [6, 6.07) is 9.70. The number of hydrogen-bond donors (Lipinski definition) is 1. The number of anilines is 3. The summed E-state index contributed by atoms with van der Waals surface area (Å²) < 4.78 is 10.7. The Bertz CT molecular complexity index is 1010. The molecule has 0 bridgehead atoms. The monoisotopic (exact) mass is 412 g/mol. The molecule has 3 heterocycles. The Hall–Kier alpha value is -2.71. The predicted molar refractivity (Wildman–Crippen MR) is 116 cm³/mol. The molecule has 1 aliphatic rings. The van der Waals surface area contributed by atoms with Gasteiger partial charge in [0.1, 0.15) is 5.00 Å². The molecule has 1 aliphatic heterocycles. The van der Waals surface area contributed by atoms with Gasteiger partial charge in [-0.1, -0.05) is 19.1 Å². The number of nitrogens with one attached hydrogen (secondary N) is 1. The highest BCUT2D eigenvalue weighted by Gasteiger charge is 2.22. The van der Waals surface area contributed by atoms with Gasteiger partial charge >= 0.3 is 5.97 Å². The van der Waals surface area contributed by atoms with Gasteiger partial charge in [-0.15, -0.1) is 11.3 Å². The molecule has 0 saturated carbocycles. The lowest BCUT2D eigenvalue weighted by Crippen LogP contribution is -2.37. The zero-order valence-electron chi connectivity index (χ0n) is 16.6. The highest BCUT2D eigenvalue weighted by Crippen LogP contribution is 2.35. The number of carbonyl (C=O) groups excluding carboxylic acids is 1. The minimum atomic E-state index is -0.326. The molecule has 0 amide bonds. The van der Waals surface area contributed by atoms with Crippen molar-refractivity contribution < 1.29 is 14.3 Å². The fourth-order valence-electron chi connectivity index (χ4n) is 3.25. The summed E-state index contributed by atoms with van der Waals surface area (Å²) in [5.41, 5.74) is 2.18. The molecule has 7 nitrogen and oxygen atoms in total. The van der Waals surface area contributed by atoms with E-state index in [1.807, 2.05) is 37.3 Å². The molecule has 1 saturated heterocycles. The summed E-state index contributed by atoms with van der Waals surface area (Å²) in [4.78, 5) is 25.4. The molecular formula is C21H24N4O3S. The van der Waals surface area contributed by atoms with E-state index >= 15 is 0 Å². The summed E-state index contributed by atoms with van der Waals surface area (Å²) >= 11 is 1.55. The van der Waals surface area contributed by atoms with Gasteiger partial charge in [-0.2, -0.15) is 0 Å². The van der Waals surface area contributed by atoms with Crippen LogP contribution in [0.3, 0.4) is 0 Å². The molecule has 2 aromatic heterocycles. The SMILES string of the molecule is CCOC(=O)c1cc(CC)sc1Nc1nc2ccccc2nc1N1CCOCC1. The van der Waals surface area contributed by atoms with Gasteiger partial charge in [0.15, 0.2) is 11.6 Å². The molecule has 1 aromatic carbocycles. The van der Waals surface area contributed by atoms with Crippen LogP contribution in [0.4, 0.5) is 16.6 Å². The first kappa shape index (κ1) is 19.6. The van der Waals surface area contributed by atoms with Crippen LogP contribution in [0.1, 0.15) is 29.1 Å². The molecule has 0 atom stereocenters. The van der Waals surface area contributed by atoms with E-state index in [0.717, 1.165) is 46.2 Å². The number of benzene rings is 1. The number of morpholine rings is 1. The molecule has 29 heavy (non-hydrogen) atoms. The third-order valence-corrected chi connectivity index (χ3v) is 5.92. The van der Waals surface area contributed by atoms with Gasteiger partial charge in [0, 0.05) is 18.0 Å². The maximum Gasteiger partial charge on any atom is 0.341 e. The van der Waals surface area contributed by atoms with E-state index in [-0.39, 0.29) is 5.97 Å². The second-order valence-electron chi connectivity index (χ2n) is 6.64. The molecule has 0 spiro atoms. The molecule has 8 heteroatoms. The van der Waals surface area contributed by atoms with E-state index in [4.69, 9.17) is 19.4 Å². The highest BCUT2D eigenvalue weighted by molar-refractivity contribution is 7.16. The van der Waals surface area contributed by atoms with Crippen LogP contribution in [0.5, 0.6) is 0 Å². The number of fused-ring (bicyclic) bond motifs is 1. The van der Waals surface area contributed by atoms with E-state index in [9.17, 15) is 4.79 Å². The largest absolute Gasteiger partial charge is 0.462 e. The van der Waals surface area contributed by atoms with Crippen molar-refractivity contribution in [1.29, 1.82) is 0 Å². The smallest absolute Gasteiger partial charge is 0.341 e. The summed E-state index contributed by atoms with van der Waals surface area (Å²) in [6.45, 7) is 7.02. The van der Waals surface area contributed by atoms with Crippen LogP contribution in [0.2, 0.25) is 0 Å². The van der Waals surface area contributed by atoms with Crippen LogP contribution in [0.25, 0.3) is 11.0 Å². The number of aryl methyl sites for hydroxylation is 1. The molecular weight excluding hydrogens is 388 g/mol. The van der Waals surface area contributed by atoms with Crippen LogP contribution in [0, 0.1) is 0 Å². The molecule has 4 rings (SSSR count). The van der Waals surface area contributed by atoms with Crippen molar-refractivity contribution in [3.05, 3.63) is 40.8 Å². The Labute approximate surface area is 173 Å². The van der Waals surface area contributed by atoms with Crippen LogP contribution in [-0.2, 0) is 15.9 Å². The normalized spacial score (nSPS) is 14.2. The van der Waals surface area contributed by atoms with Gasteiger partial charge in [-0.05, 0) is 31.5 Å².